The van der Waals surface area contributed by atoms with Crippen molar-refractivity contribution in [3.05, 3.63) is 11.6 Å². The molecule has 0 saturated carbocycles. The van der Waals surface area contributed by atoms with Crippen molar-refractivity contribution in [3.63, 3.8) is 0 Å². The molecule has 0 fully saturated rings. The predicted molar refractivity (Wildman–Crippen MR) is 61.6 cm³/mol. The van der Waals surface area contributed by atoms with Gasteiger partial charge in [-0.15, -0.1) is 10.2 Å². The summed E-state index contributed by atoms with van der Waals surface area (Å²) in [5.74, 6) is 1.88. The van der Waals surface area contributed by atoms with Gasteiger partial charge in [0.05, 0.1) is 6.04 Å². The number of unbranched alkanes of at least 4 members (excludes halogenated alkanes) is 1. The Morgan fingerprint density at radius 3 is 2.53 bits per heavy atom. The van der Waals surface area contributed by atoms with Gasteiger partial charge in [-0.2, -0.15) is 0 Å². The molecule has 0 saturated heterocycles. The molecule has 0 bridgehead atoms. The Labute approximate surface area is 91.9 Å². The second kappa shape index (κ2) is 5.26. The van der Waals surface area contributed by atoms with Gasteiger partial charge in [-0.1, -0.05) is 19.8 Å². The molecule has 1 atom stereocenters. The molecule has 1 aromatic rings. The average Bonchev–Trinajstić information content (AvgIpc) is 2.56. The fourth-order valence-corrected chi connectivity index (χ4v) is 1.83. The van der Waals surface area contributed by atoms with Crippen LogP contribution < -0.4 is 5.73 Å². The molecular weight excluding hydrogens is 188 g/mol. The number of hydrogen-bond acceptors (Lipinski definition) is 3. The van der Waals surface area contributed by atoms with E-state index in [-0.39, 0.29) is 6.04 Å². The molecule has 1 unspecified atom stereocenters. The molecule has 0 spiro atoms. The molecule has 1 heterocycles. The second-order valence-corrected chi connectivity index (χ2v) is 4.32. The van der Waals surface area contributed by atoms with E-state index in [2.05, 4.69) is 35.5 Å². The third-order valence-corrected chi connectivity index (χ3v) is 2.61. The number of hydrogen-bond donors (Lipinski definition) is 1. The van der Waals surface area contributed by atoms with Crippen LogP contribution in [-0.4, -0.2) is 14.8 Å². The van der Waals surface area contributed by atoms with Crippen LogP contribution in [0.3, 0.4) is 0 Å². The molecule has 0 aromatic carbocycles. The first kappa shape index (κ1) is 12.2. The second-order valence-electron chi connectivity index (χ2n) is 4.32. The van der Waals surface area contributed by atoms with Crippen LogP contribution in [0.2, 0.25) is 0 Å². The zero-order valence-corrected chi connectivity index (χ0v) is 10.2. The highest BCUT2D eigenvalue weighted by molar-refractivity contribution is 5.00. The van der Waals surface area contributed by atoms with E-state index in [9.17, 15) is 0 Å². The Morgan fingerprint density at radius 2 is 2.00 bits per heavy atom. The molecule has 15 heavy (non-hydrogen) atoms. The van der Waals surface area contributed by atoms with Gasteiger partial charge in [0.1, 0.15) is 11.6 Å². The van der Waals surface area contributed by atoms with Gasteiger partial charge in [0.25, 0.3) is 0 Å². The third kappa shape index (κ3) is 2.78. The summed E-state index contributed by atoms with van der Waals surface area (Å²) in [6.45, 7) is 8.41. The molecule has 4 nitrogen and oxygen atoms in total. The van der Waals surface area contributed by atoms with E-state index in [1.54, 1.807) is 0 Å². The molecule has 0 aliphatic heterocycles. The van der Waals surface area contributed by atoms with Crippen molar-refractivity contribution in [2.24, 2.45) is 5.73 Å². The summed E-state index contributed by atoms with van der Waals surface area (Å²) in [5, 5.41) is 8.28. The molecule has 0 aliphatic carbocycles. The first-order valence-corrected chi connectivity index (χ1v) is 5.74. The van der Waals surface area contributed by atoms with Gasteiger partial charge >= 0.3 is 0 Å². The van der Waals surface area contributed by atoms with Crippen molar-refractivity contribution < 1.29 is 0 Å². The molecule has 1 aromatic heterocycles. The van der Waals surface area contributed by atoms with Crippen LogP contribution in [0.5, 0.6) is 0 Å². The Balaban J connectivity index is 2.83. The van der Waals surface area contributed by atoms with Crippen LogP contribution in [-0.2, 0) is 0 Å². The summed E-state index contributed by atoms with van der Waals surface area (Å²) in [7, 11) is 0. The molecule has 2 N–H and O–H groups in total. The number of aromatic nitrogens is 3. The van der Waals surface area contributed by atoms with E-state index in [0.29, 0.717) is 6.04 Å². The highest BCUT2D eigenvalue weighted by Gasteiger charge is 2.17. The lowest BCUT2D eigenvalue weighted by Gasteiger charge is -2.16. The van der Waals surface area contributed by atoms with Crippen LogP contribution in [0.25, 0.3) is 0 Å². The quantitative estimate of drug-likeness (QED) is 0.811. The first-order chi connectivity index (χ1) is 7.07. The van der Waals surface area contributed by atoms with Gasteiger partial charge in [0, 0.05) is 6.04 Å². The topological polar surface area (TPSA) is 56.7 Å². The normalized spacial score (nSPS) is 13.5. The first-order valence-electron chi connectivity index (χ1n) is 5.74. The average molecular weight is 210 g/mol. The fourth-order valence-electron chi connectivity index (χ4n) is 1.83. The molecule has 0 amide bonds. The van der Waals surface area contributed by atoms with Crippen molar-refractivity contribution in [2.45, 2.75) is 59.0 Å². The minimum Gasteiger partial charge on any atom is -0.321 e. The van der Waals surface area contributed by atoms with Crippen molar-refractivity contribution >= 4 is 0 Å². The third-order valence-electron chi connectivity index (χ3n) is 2.61. The van der Waals surface area contributed by atoms with Crippen molar-refractivity contribution in [3.8, 4) is 0 Å². The zero-order valence-electron chi connectivity index (χ0n) is 10.2. The lowest BCUT2D eigenvalue weighted by Crippen LogP contribution is -2.18. The van der Waals surface area contributed by atoms with Crippen molar-refractivity contribution in [1.82, 2.24) is 14.8 Å². The molecular formula is C11H22N4. The standard InChI is InChI=1S/C11H22N4/c1-5-6-7-10(12)11-14-13-9(4)15(11)8(2)3/h8,10H,5-7,12H2,1-4H3. The monoisotopic (exact) mass is 210 g/mol. The summed E-state index contributed by atoms with van der Waals surface area (Å²) in [6.07, 6.45) is 3.30. The van der Waals surface area contributed by atoms with Crippen LogP contribution >= 0.6 is 0 Å². The smallest absolute Gasteiger partial charge is 0.150 e. The van der Waals surface area contributed by atoms with E-state index in [1.165, 1.54) is 6.42 Å². The van der Waals surface area contributed by atoms with Crippen LogP contribution in [0.15, 0.2) is 0 Å². The SMILES string of the molecule is CCCCC(N)c1nnc(C)n1C(C)C. The van der Waals surface area contributed by atoms with E-state index >= 15 is 0 Å². The summed E-state index contributed by atoms with van der Waals surface area (Å²) >= 11 is 0. The Hall–Kier alpha value is -0.900. The highest BCUT2D eigenvalue weighted by Crippen LogP contribution is 2.19. The Morgan fingerprint density at radius 1 is 1.33 bits per heavy atom. The van der Waals surface area contributed by atoms with Crippen molar-refractivity contribution in [1.29, 1.82) is 0 Å². The summed E-state index contributed by atoms with van der Waals surface area (Å²) < 4.78 is 2.13. The maximum Gasteiger partial charge on any atom is 0.150 e. The summed E-state index contributed by atoms with van der Waals surface area (Å²) in [4.78, 5) is 0. The van der Waals surface area contributed by atoms with Gasteiger partial charge in [0.2, 0.25) is 0 Å². The van der Waals surface area contributed by atoms with Gasteiger partial charge in [-0.05, 0) is 27.2 Å². The number of aryl methyl sites for hydroxylation is 1. The molecule has 0 aliphatic rings. The minimum absolute atomic E-state index is 0.0218. The lowest BCUT2D eigenvalue weighted by molar-refractivity contribution is 0.495. The maximum atomic E-state index is 6.11. The maximum absolute atomic E-state index is 6.11. The van der Waals surface area contributed by atoms with Crippen LogP contribution in [0.4, 0.5) is 0 Å². The highest BCUT2D eigenvalue weighted by atomic mass is 15.3. The van der Waals surface area contributed by atoms with Gasteiger partial charge < -0.3 is 10.3 Å². The zero-order chi connectivity index (χ0) is 11.4. The van der Waals surface area contributed by atoms with Gasteiger partial charge in [-0.3, -0.25) is 0 Å². The summed E-state index contributed by atoms with van der Waals surface area (Å²) in [6, 6.07) is 0.399. The molecule has 86 valence electrons. The van der Waals surface area contributed by atoms with E-state index < -0.39 is 0 Å². The molecule has 4 heteroatoms. The van der Waals surface area contributed by atoms with Crippen LogP contribution in [0.1, 0.15) is 63.8 Å². The fraction of sp³-hybridized carbons (Fsp3) is 0.818. The number of rotatable bonds is 5. The number of nitrogens with two attached hydrogens (primary N) is 1. The number of nitrogens with zero attached hydrogens (tertiary/aromatic N) is 3. The molecule has 0 radical (unpaired) electrons. The van der Waals surface area contributed by atoms with E-state index in [1.807, 2.05) is 6.92 Å². The predicted octanol–water partition coefficient (Wildman–Crippen LogP) is 2.36. The van der Waals surface area contributed by atoms with Crippen LogP contribution in [0, 0.1) is 6.92 Å². The Kier molecular flexibility index (Phi) is 4.27. The minimum atomic E-state index is 0.0218. The van der Waals surface area contributed by atoms with Gasteiger partial charge in [-0.25, -0.2) is 0 Å². The summed E-state index contributed by atoms with van der Waals surface area (Å²) in [5.41, 5.74) is 6.11. The van der Waals surface area contributed by atoms with Crippen molar-refractivity contribution in [2.75, 3.05) is 0 Å². The molecule has 1 rings (SSSR count). The Bertz CT molecular complexity index is 304. The van der Waals surface area contributed by atoms with E-state index in [0.717, 1.165) is 24.5 Å². The lowest BCUT2D eigenvalue weighted by atomic mass is 10.1. The van der Waals surface area contributed by atoms with Gasteiger partial charge in [0.15, 0.2) is 0 Å². The van der Waals surface area contributed by atoms with E-state index in [4.69, 9.17) is 5.73 Å². The largest absolute Gasteiger partial charge is 0.321 e.